The van der Waals surface area contributed by atoms with Crippen molar-refractivity contribution < 1.29 is 14.3 Å². The standard InChI is InChI=1S/C9H10O3/c10-5-6-3-8(11)7-1-2-12-9(7)4-6/h1-2,6,10H,3-5H2/t6-/m1/s1. The van der Waals surface area contributed by atoms with Crippen LogP contribution in [-0.2, 0) is 6.42 Å². The Morgan fingerprint density at radius 1 is 1.58 bits per heavy atom. The number of carbonyl (C=O) groups excluding carboxylic acids is 1. The van der Waals surface area contributed by atoms with E-state index in [1.807, 2.05) is 0 Å². The number of fused-ring (bicyclic) bond motifs is 1. The fraction of sp³-hybridized carbons (Fsp3) is 0.444. The maximum Gasteiger partial charge on any atom is 0.166 e. The van der Waals surface area contributed by atoms with Gasteiger partial charge in [0.25, 0.3) is 0 Å². The maximum atomic E-state index is 11.3. The molecule has 0 saturated heterocycles. The largest absolute Gasteiger partial charge is 0.469 e. The topological polar surface area (TPSA) is 50.4 Å². The number of rotatable bonds is 1. The molecule has 0 spiro atoms. The molecule has 1 N–H and O–H groups in total. The second-order valence-corrected chi connectivity index (χ2v) is 3.14. The molecule has 3 heteroatoms. The van der Waals surface area contributed by atoms with Gasteiger partial charge >= 0.3 is 0 Å². The van der Waals surface area contributed by atoms with Crippen LogP contribution in [0.4, 0.5) is 0 Å². The first kappa shape index (κ1) is 7.55. The van der Waals surface area contributed by atoms with E-state index < -0.39 is 0 Å². The molecule has 1 aromatic heterocycles. The van der Waals surface area contributed by atoms with Gasteiger partial charge in [0.15, 0.2) is 5.78 Å². The van der Waals surface area contributed by atoms with Crippen LogP contribution in [0.1, 0.15) is 22.5 Å². The third-order valence-electron chi connectivity index (χ3n) is 2.25. The van der Waals surface area contributed by atoms with Crippen molar-refractivity contribution in [2.45, 2.75) is 12.8 Å². The van der Waals surface area contributed by atoms with Crippen LogP contribution in [0.3, 0.4) is 0 Å². The normalized spacial score (nSPS) is 22.4. The van der Waals surface area contributed by atoms with Crippen molar-refractivity contribution >= 4 is 5.78 Å². The van der Waals surface area contributed by atoms with Crippen molar-refractivity contribution in [2.24, 2.45) is 5.92 Å². The number of Topliss-reactive ketones (excluding diaryl/α,β-unsaturated/α-hetero) is 1. The zero-order valence-electron chi connectivity index (χ0n) is 6.62. The van der Waals surface area contributed by atoms with Gasteiger partial charge in [-0.3, -0.25) is 4.79 Å². The first-order chi connectivity index (χ1) is 5.81. The van der Waals surface area contributed by atoms with E-state index >= 15 is 0 Å². The Morgan fingerprint density at radius 2 is 2.42 bits per heavy atom. The van der Waals surface area contributed by atoms with Gasteiger partial charge in [-0.15, -0.1) is 0 Å². The highest BCUT2D eigenvalue weighted by Gasteiger charge is 2.26. The van der Waals surface area contributed by atoms with Crippen LogP contribution in [-0.4, -0.2) is 17.5 Å². The Kier molecular flexibility index (Phi) is 1.73. The van der Waals surface area contributed by atoms with Gasteiger partial charge in [-0.2, -0.15) is 0 Å². The fourth-order valence-electron chi connectivity index (χ4n) is 1.58. The molecular formula is C9H10O3. The Balaban J connectivity index is 2.32. The van der Waals surface area contributed by atoms with Crippen LogP contribution in [0, 0.1) is 5.92 Å². The van der Waals surface area contributed by atoms with Crippen LogP contribution in [0.15, 0.2) is 16.7 Å². The van der Waals surface area contributed by atoms with Crippen LogP contribution >= 0.6 is 0 Å². The number of carbonyl (C=O) groups is 1. The first-order valence-electron chi connectivity index (χ1n) is 4.01. The fourth-order valence-corrected chi connectivity index (χ4v) is 1.58. The number of aliphatic hydroxyl groups is 1. The van der Waals surface area contributed by atoms with Crippen molar-refractivity contribution in [3.8, 4) is 0 Å². The van der Waals surface area contributed by atoms with Crippen LogP contribution in [0.2, 0.25) is 0 Å². The van der Waals surface area contributed by atoms with E-state index in [0.29, 0.717) is 18.4 Å². The van der Waals surface area contributed by atoms with E-state index in [9.17, 15) is 4.79 Å². The van der Waals surface area contributed by atoms with Crippen molar-refractivity contribution in [1.82, 2.24) is 0 Å². The highest BCUT2D eigenvalue weighted by atomic mass is 16.3. The molecule has 1 aliphatic rings. The molecule has 0 radical (unpaired) electrons. The van der Waals surface area contributed by atoms with Gasteiger partial charge in [0, 0.05) is 19.4 Å². The smallest absolute Gasteiger partial charge is 0.166 e. The van der Waals surface area contributed by atoms with Gasteiger partial charge in [0.2, 0.25) is 0 Å². The number of hydrogen-bond donors (Lipinski definition) is 1. The lowest BCUT2D eigenvalue weighted by atomic mass is 9.88. The molecule has 3 nitrogen and oxygen atoms in total. The summed E-state index contributed by atoms with van der Waals surface area (Å²) in [7, 11) is 0. The number of hydrogen-bond acceptors (Lipinski definition) is 3. The van der Waals surface area contributed by atoms with Crippen molar-refractivity contribution in [3.63, 3.8) is 0 Å². The molecule has 1 aliphatic carbocycles. The maximum absolute atomic E-state index is 11.3. The number of furan rings is 1. The molecular weight excluding hydrogens is 156 g/mol. The molecule has 0 aromatic carbocycles. The monoisotopic (exact) mass is 166 g/mol. The van der Waals surface area contributed by atoms with Crippen LogP contribution in [0.25, 0.3) is 0 Å². The Hall–Kier alpha value is -1.09. The summed E-state index contributed by atoms with van der Waals surface area (Å²) in [4.78, 5) is 11.3. The van der Waals surface area contributed by atoms with E-state index in [0.717, 1.165) is 5.76 Å². The Morgan fingerprint density at radius 3 is 3.17 bits per heavy atom. The molecule has 1 aromatic rings. The average molecular weight is 166 g/mol. The molecule has 12 heavy (non-hydrogen) atoms. The summed E-state index contributed by atoms with van der Waals surface area (Å²) in [5.74, 6) is 0.866. The molecule has 1 atom stereocenters. The lowest BCUT2D eigenvalue weighted by Gasteiger charge is -2.17. The van der Waals surface area contributed by atoms with Gasteiger partial charge in [-0.05, 0) is 12.0 Å². The minimum absolute atomic E-state index is 0.0520. The molecule has 0 bridgehead atoms. The zero-order chi connectivity index (χ0) is 8.55. The molecule has 2 rings (SSSR count). The van der Waals surface area contributed by atoms with Gasteiger partial charge < -0.3 is 9.52 Å². The third-order valence-corrected chi connectivity index (χ3v) is 2.25. The highest BCUT2D eigenvalue weighted by molar-refractivity contribution is 5.98. The van der Waals surface area contributed by atoms with Gasteiger partial charge in [0.05, 0.1) is 11.8 Å². The molecule has 0 aliphatic heterocycles. The lowest BCUT2D eigenvalue weighted by molar-refractivity contribution is 0.0911. The van der Waals surface area contributed by atoms with Gasteiger partial charge in [-0.25, -0.2) is 0 Å². The number of aliphatic hydroxyl groups excluding tert-OH is 1. The predicted octanol–water partition coefficient (Wildman–Crippen LogP) is 1.02. The molecule has 0 saturated carbocycles. The summed E-state index contributed by atoms with van der Waals surface area (Å²) in [6, 6.07) is 1.70. The third kappa shape index (κ3) is 1.06. The first-order valence-corrected chi connectivity index (χ1v) is 4.01. The molecule has 1 heterocycles. The summed E-state index contributed by atoms with van der Waals surface area (Å²) >= 11 is 0. The van der Waals surface area contributed by atoms with E-state index in [4.69, 9.17) is 9.52 Å². The molecule has 0 amide bonds. The summed E-state index contributed by atoms with van der Waals surface area (Å²) in [6.07, 6.45) is 2.66. The van der Waals surface area contributed by atoms with Crippen molar-refractivity contribution in [1.29, 1.82) is 0 Å². The second kappa shape index (κ2) is 2.75. The van der Waals surface area contributed by atoms with Crippen LogP contribution in [0.5, 0.6) is 0 Å². The van der Waals surface area contributed by atoms with Crippen molar-refractivity contribution in [3.05, 3.63) is 23.7 Å². The molecule has 0 fully saturated rings. The SMILES string of the molecule is O=C1C[C@@H](CO)Cc2occc21. The minimum Gasteiger partial charge on any atom is -0.469 e. The highest BCUT2D eigenvalue weighted by Crippen LogP contribution is 2.25. The van der Waals surface area contributed by atoms with E-state index in [1.165, 1.54) is 6.26 Å². The number of ketones is 1. The average Bonchev–Trinajstić information content (AvgIpc) is 2.52. The lowest BCUT2D eigenvalue weighted by Crippen LogP contribution is -2.21. The predicted molar refractivity (Wildman–Crippen MR) is 41.9 cm³/mol. The van der Waals surface area contributed by atoms with Gasteiger partial charge in [0.1, 0.15) is 5.76 Å². The minimum atomic E-state index is 0.0520. The summed E-state index contributed by atoms with van der Waals surface area (Å²) in [6.45, 7) is 0.0614. The second-order valence-electron chi connectivity index (χ2n) is 3.14. The van der Waals surface area contributed by atoms with E-state index in [1.54, 1.807) is 6.07 Å². The van der Waals surface area contributed by atoms with Crippen LogP contribution < -0.4 is 0 Å². The quantitative estimate of drug-likeness (QED) is 0.677. The van der Waals surface area contributed by atoms with E-state index in [-0.39, 0.29) is 18.3 Å². The Labute approximate surface area is 70.0 Å². The Bertz CT molecular complexity index is 300. The summed E-state index contributed by atoms with van der Waals surface area (Å²) in [5, 5.41) is 8.88. The molecule has 0 unspecified atom stereocenters. The zero-order valence-corrected chi connectivity index (χ0v) is 6.62. The van der Waals surface area contributed by atoms with Crippen molar-refractivity contribution in [2.75, 3.05) is 6.61 Å². The molecule has 64 valence electrons. The van der Waals surface area contributed by atoms with Gasteiger partial charge in [-0.1, -0.05) is 0 Å². The summed E-state index contributed by atoms with van der Waals surface area (Å²) in [5.41, 5.74) is 0.694. The summed E-state index contributed by atoms with van der Waals surface area (Å²) < 4.78 is 5.13. The van der Waals surface area contributed by atoms with E-state index in [2.05, 4.69) is 0 Å².